The highest BCUT2D eigenvalue weighted by Gasteiger charge is 2.41. The van der Waals surface area contributed by atoms with E-state index < -0.39 is 0 Å². The lowest BCUT2D eigenvalue weighted by atomic mass is 10.0. The second-order valence-electron chi connectivity index (χ2n) is 5.42. The molecule has 0 saturated heterocycles. The minimum Gasteiger partial charge on any atom is -0.163 e. The summed E-state index contributed by atoms with van der Waals surface area (Å²) in [6.45, 7) is 2.19. The van der Waals surface area contributed by atoms with Gasteiger partial charge >= 0.3 is 0 Å². The van der Waals surface area contributed by atoms with Gasteiger partial charge in [-0.25, -0.2) is 0 Å². The average molecular weight is 282 g/mol. The molecule has 0 fully saturated rings. The van der Waals surface area contributed by atoms with Crippen LogP contribution in [0.3, 0.4) is 0 Å². The first-order chi connectivity index (χ1) is 9.30. The predicted octanol–water partition coefficient (Wildman–Crippen LogP) is 0.186. The van der Waals surface area contributed by atoms with Crippen LogP contribution in [-0.4, -0.2) is 57.2 Å². The summed E-state index contributed by atoms with van der Waals surface area (Å²) in [5, 5.41) is 0. The minimum atomic E-state index is -0.200. The maximum atomic E-state index is 3.31. The van der Waals surface area contributed by atoms with E-state index in [-0.39, 0.29) is 5.54 Å². The number of allylic oxidation sites excluding steroid dienone is 3. The molecule has 1 atom stereocenters. The molecule has 1 rings (SSSR count). The van der Waals surface area contributed by atoms with Crippen molar-refractivity contribution in [2.75, 3.05) is 42.3 Å². The van der Waals surface area contributed by atoms with Gasteiger partial charge in [-0.1, -0.05) is 6.08 Å². The van der Waals surface area contributed by atoms with Crippen molar-refractivity contribution in [3.8, 4) is 0 Å². The van der Waals surface area contributed by atoms with E-state index in [1.807, 2.05) is 28.2 Å². The Bertz CT molecular complexity index is 417. The van der Waals surface area contributed by atoms with Crippen molar-refractivity contribution < 1.29 is 9.40 Å². The van der Waals surface area contributed by atoms with Crippen molar-refractivity contribution in [3.05, 3.63) is 36.1 Å². The molecule has 6 heteroatoms. The number of likely N-dealkylation sites (N-methyl/N-ethyl adjacent to an activating group) is 2. The van der Waals surface area contributed by atoms with Gasteiger partial charge in [0.2, 0.25) is 0 Å². The summed E-state index contributed by atoms with van der Waals surface area (Å²) >= 11 is 0. The molecule has 0 spiro atoms. The molecular weight excluding hydrogens is 252 g/mol. The number of rotatable bonds is 6. The van der Waals surface area contributed by atoms with Gasteiger partial charge in [-0.3, -0.25) is 0 Å². The molecule has 0 aromatic carbocycles. The Balaban J connectivity index is 3.16. The van der Waals surface area contributed by atoms with Crippen LogP contribution >= 0.6 is 0 Å². The lowest BCUT2D eigenvalue weighted by molar-refractivity contribution is -1.02. The molecule has 0 amide bonds. The summed E-state index contributed by atoms with van der Waals surface area (Å²) in [4.78, 5) is 0. The zero-order valence-electron chi connectivity index (χ0n) is 13.8. The summed E-state index contributed by atoms with van der Waals surface area (Å²) in [6, 6.07) is 0. The van der Waals surface area contributed by atoms with Gasteiger partial charge < -0.3 is 0 Å². The molecule has 0 heterocycles. The Kier molecular flexibility index (Phi) is 5.26. The maximum absolute atomic E-state index is 3.31. The van der Waals surface area contributed by atoms with Crippen molar-refractivity contribution in [2.24, 2.45) is 0 Å². The van der Waals surface area contributed by atoms with Gasteiger partial charge in [-0.15, -0.1) is 15.6 Å². The summed E-state index contributed by atoms with van der Waals surface area (Å²) < 4.78 is 0.962. The fraction of sp³-hybridized carbons (Fsp3) is 0.571. The van der Waals surface area contributed by atoms with Crippen LogP contribution in [0.25, 0.3) is 0 Å². The topological polar surface area (TPSA) is 48.1 Å². The second-order valence-corrected chi connectivity index (χ2v) is 5.42. The van der Waals surface area contributed by atoms with E-state index in [1.54, 1.807) is 0 Å². The van der Waals surface area contributed by atoms with Crippen molar-refractivity contribution in [3.63, 3.8) is 0 Å². The van der Waals surface area contributed by atoms with Crippen LogP contribution in [0.1, 0.15) is 6.92 Å². The van der Waals surface area contributed by atoms with E-state index in [9.17, 15) is 0 Å². The van der Waals surface area contributed by atoms with Gasteiger partial charge in [0.05, 0.1) is 0 Å². The van der Waals surface area contributed by atoms with Crippen LogP contribution in [0.15, 0.2) is 36.1 Å². The highest BCUT2D eigenvalue weighted by atomic mass is 15.9. The van der Waals surface area contributed by atoms with Crippen molar-refractivity contribution >= 4 is 0 Å². The summed E-state index contributed by atoms with van der Waals surface area (Å²) in [5.74, 6) is 0. The summed E-state index contributed by atoms with van der Waals surface area (Å²) in [7, 11) is 11.9. The molecule has 1 aliphatic rings. The highest BCUT2D eigenvalue weighted by Crippen LogP contribution is 2.25. The monoisotopic (exact) mass is 282 g/mol. The fourth-order valence-electron chi connectivity index (χ4n) is 2.27. The quantitative estimate of drug-likeness (QED) is 0.415. The van der Waals surface area contributed by atoms with Crippen LogP contribution in [-0.2, 0) is 0 Å². The fourth-order valence-corrected chi connectivity index (χ4v) is 2.27. The normalized spacial score (nSPS) is 23.6. The molecule has 0 aliphatic heterocycles. The van der Waals surface area contributed by atoms with E-state index >= 15 is 0 Å². The van der Waals surface area contributed by atoms with Crippen molar-refractivity contribution in [1.82, 2.24) is 21.7 Å². The van der Waals surface area contributed by atoms with Gasteiger partial charge in [0.15, 0.2) is 11.2 Å². The van der Waals surface area contributed by atoms with Gasteiger partial charge in [0.25, 0.3) is 0 Å². The van der Waals surface area contributed by atoms with Crippen LogP contribution in [0, 0.1) is 0 Å². The number of quaternary nitrogens is 2. The Hall–Kier alpha value is -1.02. The minimum absolute atomic E-state index is 0.200. The molecular formula is C14H30N6+2. The molecule has 1 unspecified atom stereocenters. The largest absolute Gasteiger partial charge is 0.171 e. The zero-order chi connectivity index (χ0) is 15.4. The Labute approximate surface area is 122 Å². The molecule has 20 heavy (non-hydrogen) atoms. The molecule has 114 valence electrons. The van der Waals surface area contributed by atoms with Gasteiger partial charge in [-0.2, -0.15) is 15.6 Å². The van der Waals surface area contributed by atoms with Crippen LogP contribution < -0.4 is 21.7 Å². The SMILES string of the molecule is CN[N+](C)(NC)C1=CC=CC(C)([N+](C)(NC)NC)C=C1. The standard InChI is InChI=1S/C14H30N6/c1-14(20(7,17-4)18-5)11-8-9-13(10-12-14)19(6,15-2)16-3/h8-12,15-18H,1-7H3/q+2. The highest BCUT2D eigenvalue weighted by molar-refractivity contribution is 5.29. The first-order valence-corrected chi connectivity index (χ1v) is 6.89. The van der Waals surface area contributed by atoms with Crippen LogP contribution in [0.4, 0.5) is 0 Å². The third kappa shape index (κ3) is 2.85. The van der Waals surface area contributed by atoms with Crippen LogP contribution in [0.2, 0.25) is 0 Å². The number of hydrogen-bond acceptors (Lipinski definition) is 4. The molecule has 0 aromatic heterocycles. The Morgan fingerprint density at radius 2 is 1.45 bits per heavy atom. The summed E-state index contributed by atoms with van der Waals surface area (Å²) in [5.41, 5.74) is 14.1. The van der Waals surface area contributed by atoms with Crippen LogP contribution in [0.5, 0.6) is 0 Å². The number of hydrogen-bond donors (Lipinski definition) is 4. The third-order valence-corrected chi connectivity index (χ3v) is 4.56. The Morgan fingerprint density at radius 1 is 0.900 bits per heavy atom. The first kappa shape index (κ1) is 17.0. The molecule has 0 aromatic rings. The van der Waals surface area contributed by atoms with E-state index in [0.717, 1.165) is 5.70 Å². The van der Waals surface area contributed by atoms with E-state index in [1.165, 1.54) is 0 Å². The van der Waals surface area contributed by atoms with E-state index in [4.69, 9.17) is 0 Å². The van der Waals surface area contributed by atoms with E-state index in [0.29, 0.717) is 9.40 Å². The zero-order valence-corrected chi connectivity index (χ0v) is 13.8. The average Bonchev–Trinajstić information content (AvgIpc) is 2.69. The molecule has 0 radical (unpaired) electrons. The lowest BCUT2D eigenvalue weighted by Crippen LogP contribution is -2.71. The summed E-state index contributed by atoms with van der Waals surface area (Å²) in [6.07, 6.45) is 10.8. The van der Waals surface area contributed by atoms with Gasteiger partial charge in [0.1, 0.15) is 14.1 Å². The molecule has 1 aliphatic carbocycles. The third-order valence-electron chi connectivity index (χ3n) is 4.56. The van der Waals surface area contributed by atoms with Crippen molar-refractivity contribution in [2.45, 2.75) is 12.5 Å². The Morgan fingerprint density at radius 3 is 1.90 bits per heavy atom. The first-order valence-electron chi connectivity index (χ1n) is 6.89. The molecule has 0 saturated carbocycles. The number of nitrogens with zero attached hydrogens (tertiary/aromatic N) is 2. The maximum Gasteiger partial charge on any atom is 0.171 e. The van der Waals surface area contributed by atoms with E-state index in [2.05, 4.69) is 73.1 Å². The molecule has 6 nitrogen and oxygen atoms in total. The van der Waals surface area contributed by atoms with Gasteiger partial charge in [-0.05, 0) is 12.2 Å². The second kappa shape index (κ2) is 6.17. The smallest absolute Gasteiger partial charge is 0.163 e. The number of nitrogens with one attached hydrogen (secondary N) is 4. The molecule has 0 bridgehead atoms. The van der Waals surface area contributed by atoms with Gasteiger partial charge in [0, 0.05) is 47.3 Å². The van der Waals surface area contributed by atoms with Crippen molar-refractivity contribution in [1.29, 1.82) is 0 Å². The molecule has 4 N–H and O–H groups in total. The predicted molar refractivity (Wildman–Crippen MR) is 83.4 cm³/mol. The lowest BCUT2D eigenvalue weighted by Gasteiger charge is -2.42.